The van der Waals surface area contributed by atoms with E-state index < -0.39 is 23.2 Å². The minimum Gasteiger partial charge on any atom is -0.493 e. The number of carbonyl (C=O) groups excluding carboxylic acids is 1. The molecule has 3 atom stereocenters. The smallest absolute Gasteiger partial charge is 0.433 e. The molecule has 0 radical (unpaired) electrons. The number of methoxy groups -OCH3 is 1. The van der Waals surface area contributed by atoms with Crippen LogP contribution in [0.15, 0.2) is 71.3 Å². The maximum Gasteiger partial charge on any atom is 0.433 e. The third-order valence-electron chi connectivity index (χ3n) is 8.49. The monoisotopic (exact) mass is 592 g/mol. The van der Waals surface area contributed by atoms with Gasteiger partial charge in [-0.15, -0.1) is 0 Å². The molecule has 43 heavy (non-hydrogen) atoms. The molecular formula is C32H31F3N4O4. The van der Waals surface area contributed by atoms with Gasteiger partial charge in [-0.2, -0.15) is 13.2 Å². The van der Waals surface area contributed by atoms with Gasteiger partial charge in [-0.05, 0) is 61.6 Å². The van der Waals surface area contributed by atoms with E-state index in [1.54, 1.807) is 4.90 Å². The minimum atomic E-state index is -4.57. The van der Waals surface area contributed by atoms with Gasteiger partial charge in [0.15, 0.2) is 0 Å². The summed E-state index contributed by atoms with van der Waals surface area (Å²) >= 11 is 0. The summed E-state index contributed by atoms with van der Waals surface area (Å²) in [6, 6.07) is 18.5. The second kappa shape index (κ2) is 11.3. The number of aryl methyl sites for hydroxylation is 1. The summed E-state index contributed by atoms with van der Waals surface area (Å²) in [5.41, 5.74) is 1.48. The van der Waals surface area contributed by atoms with Crippen LogP contribution in [0, 0.1) is 24.2 Å². The quantitative estimate of drug-likeness (QED) is 0.221. The fourth-order valence-electron chi connectivity index (χ4n) is 6.13. The lowest BCUT2D eigenvalue weighted by Crippen LogP contribution is -2.27. The maximum absolute atomic E-state index is 13.2. The average Bonchev–Trinajstić information content (AvgIpc) is 3.33. The highest BCUT2D eigenvalue weighted by molar-refractivity contribution is 5.76. The first-order valence-corrected chi connectivity index (χ1v) is 14.1. The van der Waals surface area contributed by atoms with Gasteiger partial charge in [-0.3, -0.25) is 4.79 Å². The lowest BCUT2D eigenvalue weighted by Gasteiger charge is -2.17. The molecular weight excluding hydrogens is 561 g/mol. The number of benzene rings is 2. The van der Waals surface area contributed by atoms with E-state index in [-0.39, 0.29) is 24.4 Å². The largest absolute Gasteiger partial charge is 0.493 e. The zero-order chi connectivity index (χ0) is 30.2. The molecule has 2 aromatic carbocycles. The van der Waals surface area contributed by atoms with Crippen molar-refractivity contribution < 1.29 is 31.9 Å². The van der Waals surface area contributed by atoms with Gasteiger partial charge in [0.25, 0.3) is 0 Å². The van der Waals surface area contributed by atoms with Crippen molar-refractivity contribution in [1.82, 2.24) is 15.0 Å². The Morgan fingerprint density at radius 3 is 2.58 bits per heavy atom. The van der Waals surface area contributed by atoms with Gasteiger partial charge in [0.05, 0.1) is 25.3 Å². The zero-order valence-corrected chi connectivity index (χ0v) is 23.8. The van der Waals surface area contributed by atoms with Crippen LogP contribution in [0.3, 0.4) is 0 Å². The number of carbonyl (C=O) groups is 1. The molecule has 8 nitrogen and oxygen atoms in total. The van der Waals surface area contributed by atoms with Crippen molar-refractivity contribution >= 4 is 11.9 Å². The van der Waals surface area contributed by atoms with E-state index in [2.05, 4.69) is 15.0 Å². The van der Waals surface area contributed by atoms with Crippen LogP contribution in [0.2, 0.25) is 0 Å². The van der Waals surface area contributed by atoms with Crippen LogP contribution in [0.1, 0.15) is 29.1 Å². The first kappa shape index (κ1) is 28.7. The molecule has 1 saturated heterocycles. The predicted molar refractivity (Wildman–Crippen MR) is 151 cm³/mol. The molecule has 4 aromatic rings. The topological polar surface area (TPSA) is 90.6 Å². The van der Waals surface area contributed by atoms with Crippen LogP contribution in [-0.2, 0) is 28.5 Å². The second-order valence-corrected chi connectivity index (χ2v) is 11.2. The number of hydrogen-bond acceptors (Lipinski definition) is 8. The molecule has 0 amide bonds. The number of hydrogen-bond donors (Lipinski definition) is 0. The van der Waals surface area contributed by atoms with Gasteiger partial charge in [0, 0.05) is 36.7 Å². The fraction of sp³-hybridized carbons (Fsp3) is 0.375. The SMILES string of the molecule is COC(=O)[C@H]1CN(c2nccc(C(F)(F)F)n2)C[C@@]12C[C@H]2Cc1ccc(OCCc2nc(-c3ccccc3)oc2C)cc1. The summed E-state index contributed by atoms with van der Waals surface area (Å²) in [7, 11) is 1.34. The molecule has 1 saturated carbocycles. The third kappa shape index (κ3) is 5.93. The molecule has 0 bridgehead atoms. The molecule has 1 spiro atoms. The van der Waals surface area contributed by atoms with E-state index in [0.717, 1.165) is 53.4 Å². The van der Waals surface area contributed by atoms with E-state index in [9.17, 15) is 18.0 Å². The van der Waals surface area contributed by atoms with Crippen LogP contribution in [0.25, 0.3) is 11.5 Å². The van der Waals surface area contributed by atoms with Crippen LogP contribution >= 0.6 is 0 Å². The van der Waals surface area contributed by atoms with Crippen LogP contribution < -0.4 is 9.64 Å². The molecule has 224 valence electrons. The number of rotatable bonds is 9. The molecule has 0 unspecified atom stereocenters. The third-order valence-corrected chi connectivity index (χ3v) is 8.49. The number of halogens is 3. The Morgan fingerprint density at radius 2 is 1.86 bits per heavy atom. The minimum absolute atomic E-state index is 0.0233. The van der Waals surface area contributed by atoms with Gasteiger partial charge in [-0.1, -0.05) is 30.3 Å². The van der Waals surface area contributed by atoms with Crippen LogP contribution in [-0.4, -0.2) is 47.7 Å². The zero-order valence-electron chi connectivity index (χ0n) is 23.8. The second-order valence-electron chi connectivity index (χ2n) is 11.2. The lowest BCUT2D eigenvalue weighted by molar-refractivity contribution is -0.146. The Morgan fingerprint density at radius 1 is 1.09 bits per heavy atom. The number of ether oxygens (including phenoxy) is 2. The highest BCUT2D eigenvalue weighted by Gasteiger charge is 2.65. The molecule has 3 heterocycles. The van der Waals surface area contributed by atoms with E-state index in [4.69, 9.17) is 13.9 Å². The van der Waals surface area contributed by atoms with E-state index in [0.29, 0.717) is 25.5 Å². The summed E-state index contributed by atoms with van der Waals surface area (Å²) in [5, 5.41) is 0. The summed E-state index contributed by atoms with van der Waals surface area (Å²) in [6.07, 6.45) is -1.37. The van der Waals surface area contributed by atoms with Crippen LogP contribution in [0.4, 0.5) is 19.1 Å². The Balaban J connectivity index is 1.06. The number of aromatic nitrogens is 3. The van der Waals surface area contributed by atoms with Crippen molar-refractivity contribution in [1.29, 1.82) is 0 Å². The first-order valence-electron chi connectivity index (χ1n) is 14.1. The summed E-state index contributed by atoms with van der Waals surface area (Å²) < 4.78 is 56.6. The number of nitrogens with zero attached hydrogens (tertiary/aromatic N) is 4. The van der Waals surface area contributed by atoms with Crippen molar-refractivity contribution in [3.05, 3.63) is 89.6 Å². The van der Waals surface area contributed by atoms with Crippen molar-refractivity contribution in [3.63, 3.8) is 0 Å². The number of esters is 1. The van der Waals surface area contributed by atoms with E-state index in [1.165, 1.54) is 7.11 Å². The van der Waals surface area contributed by atoms with Gasteiger partial charge in [0.2, 0.25) is 11.8 Å². The molecule has 1 aliphatic carbocycles. The Hall–Kier alpha value is -4.41. The predicted octanol–water partition coefficient (Wildman–Crippen LogP) is 5.94. The summed E-state index contributed by atoms with van der Waals surface area (Å²) in [6.45, 7) is 2.96. The Kier molecular flexibility index (Phi) is 7.57. The van der Waals surface area contributed by atoms with E-state index in [1.807, 2.05) is 61.5 Å². The standard InChI is InChI=1S/C32H31F3N4O4/c1-20-26(37-28(43-20)22-6-4-3-5-7-22)13-15-42-24-10-8-21(9-11-24)16-23-17-31(23)19-39(18-25(31)29(40)41-2)30-36-14-12-27(38-30)32(33,34)35/h3-12,14,23,25H,13,15-19H2,1-2H3/t23-,25-,31-/m1/s1. The fourth-order valence-corrected chi connectivity index (χ4v) is 6.13. The molecule has 2 aliphatic rings. The average molecular weight is 593 g/mol. The lowest BCUT2D eigenvalue weighted by atomic mass is 9.88. The van der Waals surface area contributed by atoms with Gasteiger partial charge in [-0.25, -0.2) is 15.0 Å². The van der Waals surface area contributed by atoms with Gasteiger partial charge in [0.1, 0.15) is 17.2 Å². The van der Waals surface area contributed by atoms with E-state index >= 15 is 0 Å². The maximum atomic E-state index is 13.2. The first-order chi connectivity index (χ1) is 20.7. The summed E-state index contributed by atoms with van der Waals surface area (Å²) in [4.78, 5) is 26.8. The van der Waals surface area contributed by atoms with Gasteiger partial charge >= 0.3 is 12.1 Å². The molecule has 2 fully saturated rings. The number of anilines is 1. The van der Waals surface area contributed by atoms with Crippen molar-refractivity contribution in [2.75, 3.05) is 31.7 Å². The van der Waals surface area contributed by atoms with Crippen molar-refractivity contribution in [3.8, 4) is 17.2 Å². The highest BCUT2D eigenvalue weighted by atomic mass is 19.4. The molecule has 2 aromatic heterocycles. The number of oxazole rings is 1. The van der Waals surface area contributed by atoms with Gasteiger partial charge < -0.3 is 18.8 Å². The van der Waals surface area contributed by atoms with Crippen LogP contribution in [0.5, 0.6) is 5.75 Å². The molecule has 11 heteroatoms. The van der Waals surface area contributed by atoms with Crippen molar-refractivity contribution in [2.24, 2.45) is 17.3 Å². The highest BCUT2D eigenvalue weighted by Crippen LogP contribution is 2.63. The Labute approximate surface area is 246 Å². The molecule has 1 aliphatic heterocycles. The Bertz CT molecular complexity index is 1590. The van der Waals surface area contributed by atoms with Crippen molar-refractivity contribution in [2.45, 2.75) is 32.4 Å². The number of alkyl halides is 3. The molecule has 0 N–H and O–H groups in total. The summed E-state index contributed by atoms with van der Waals surface area (Å²) in [5.74, 6) is 1.42. The normalized spacial score (nSPS) is 21.3. The molecule has 6 rings (SSSR count).